The van der Waals surface area contributed by atoms with Crippen LogP contribution in [0.15, 0.2) is 71.9 Å². The molecule has 10 nitrogen and oxygen atoms in total. The summed E-state index contributed by atoms with van der Waals surface area (Å²) in [6.07, 6.45) is 0.468. The van der Waals surface area contributed by atoms with Crippen molar-refractivity contribution in [2.75, 3.05) is 18.7 Å². The summed E-state index contributed by atoms with van der Waals surface area (Å²) in [7, 11) is 1.80. The Morgan fingerprint density at radius 3 is 2.30 bits per heavy atom. The molecule has 2 heterocycles. The predicted molar refractivity (Wildman–Crippen MR) is 159 cm³/mol. The number of carbonyl (C=O) groups excluding carboxylic acids is 2. The van der Waals surface area contributed by atoms with Crippen molar-refractivity contribution in [1.29, 1.82) is 0 Å². The van der Waals surface area contributed by atoms with Crippen LogP contribution >= 0.6 is 11.6 Å². The van der Waals surface area contributed by atoms with E-state index in [2.05, 4.69) is 20.8 Å². The van der Waals surface area contributed by atoms with Gasteiger partial charge in [0.15, 0.2) is 11.9 Å². The molecule has 2 amide bonds. The van der Waals surface area contributed by atoms with E-state index < -0.39 is 37.5 Å². The number of anilines is 1. The number of alkyl halides is 2. The molecule has 1 atom stereocenters. The molecule has 43 heavy (non-hydrogen) atoms. The maximum Gasteiger partial charge on any atom is 0.408 e. The number of aromatic nitrogens is 4. The number of nitrogens with zero attached hydrogens (tertiary/aromatic N) is 4. The molecular weight excluding hydrogens is 582 g/mol. The maximum absolute atomic E-state index is 13.4. The molecule has 1 unspecified atom stereocenters. The van der Waals surface area contributed by atoms with Crippen molar-refractivity contribution < 1.29 is 23.1 Å². The van der Waals surface area contributed by atoms with Gasteiger partial charge in [0, 0.05) is 48.0 Å². The number of hydrogen-bond donors (Lipinski definition) is 2. The highest BCUT2D eigenvalue weighted by Crippen LogP contribution is 2.27. The Morgan fingerprint density at radius 2 is 1.67 bits per heavy atom. The summed E-state index contributed by atoms with van der Waals surface area (Å²) >= 11 is 6.50. The second-order valence-electron chi connectivity index (χ2n) is 10.1. The molecule has 2 aromatic carbocycles. The summed E-state index contributed by atoms with van der Waals surface area (Å²) in [6.45, 7) is 1.36. The number of rotatable bonds is 11. The van der Waals surface area contributed by atoms with E-state index in [0.29, 0.717) is 22.1 Å². The Morgan fingerprint density at radius 1 is 1.00 bits per heavy atom. The summed E-state index contributed by atoms with van der Waals surface area (Å²) in [5, 5.41) is 13.4. The highest BCUT2D eigenvalue weighted by atomic mass is 35.5. The van der Waals surface area contributed by atoms with Crippen LogP contribution in [0.4, 0.5) is 19.3 Å². The van der Waals surface area contributed by atoms with E-state index in [-0.39, 0.29) is 18.0 Å². The van der Waals surface area contributed by atoms with Crippen molar-refractivity contribution in [3.63, 3.8) is 0 Å². The Kier molecular flexibility index (Phi) is 10.3. The predicted octanol–water partition coefficient (Wildman–Crippen LogP) is 5.13. The van der Waals surface area contributed by atoms with E-state index in [4.69, 9.17) is 16.3 Å². The first kappa shape index (κ1) is 31.4. The van der Waals surface area contributed by atoms with Gasteiger partial charge in [-0.2, -0.15) is 0 Å². The first-order valence-corrected chi connectivity index (χ1v) is 13.8. The minimum absolute atomic E-state index is 0.0607. The van der Waals surface area contributed by atoms with Crippen LogP contribution in [0.2, 0.25) is 5.02 Å². The van der Waals surface area contributed by atoms with E-state index in [1.54, 1.807) is 77.2 Å². The van der Waals surface area contributed by atoms with Crippen LogP contribution in [0.25, 0.3) is 22.5 Å². The third-order valence-corrected chi connectivity index (χ3v) is 7.01. The van der Waals surface area contributed by atoms with Crippen LogP contribution in [0, 0.1) is 0 Å². The zero-order valence-electron chi connectivity index (χ0n) is 23.8. The molecule has 0 aliphatic rings. The van der Waals surface area contributed by atoms with Crippen molar-refractivity contribution >= 4 is 29.3 Å². The quantitative estimate of drug-likeness (QED) is 0.242. The largest absolute Gasteiger partial charge is 0.441 e. The highest BCUT2D eigenvalue weighted by molar-refractivity contribution is 6.31. The smallest absolute Gasteiger partial charge is 0.408 e. The van der Waals surface area contributed by atoms with Gasteiger partial charge in [-0.05, 0) is 73.0 Å². The zero-order chi connectivity index (χ0) is 31.1. The van der Waals surface area contributed by atoms with Crippen LogP contribution in [0.3, 0.4) is 0 Å². The molecular formula is C30H31ClF2N6O4. The highest BCUT2D eigenvalue weighted by Gasteiger charge is 2.25. The van der Waals surface area contributed by atoms with Gasteiger partial charge in [0.1, 0.15) is 25.7 Å². The Bertz CT molecular complexity index is 1640. The minimum atomic E-state index is -1.60. The molecule has 0 bridgehead atoms. The van der Waals surface area contributed by atoms with Crippen LogP contribution < -0.4 is 16.2 Å². The Balaban J connectivity index is 1.60. The number of halogens is 3. The van der Waals surface area contributed by atoms with Gasteiger partial charge >= 0.3 is 6.09 Å². The second kappa shape index (κ2) is 14.1. The van der Waals surface area contributed by atoms with Gasteiger partial charge in [0.2, 0.25) is 5.91 Å². The van der Waals surface area contributed by atoms with Crippen LogP contribution in [0.5, 0.6) is 0 Å². The molecule has 4 rings (SSSR count). The number of pyridine rings is 1. The number of aryl methyl sites for hydroxylation is 1. The van der Waals surface area contributed by atoms with Crippen LogP contribution in [-0.2, 0) is 23.0 Å². The van der Waals surface area contributed by atoms with Gasteiger partial charge in [0.05, 0.1) is 0 Å². The van der Waals surface area contributed by atoms with Crippen molar-refractivity contribution in [2.24, 2.45) is 7.05 Å². The maximum atomic E-state index is 13.4. The average Bonchev–Trinajstić information content (AvgIpc) is 3.42. The molecule has 4 aromatic rings. The minimum Gasteiger partial charge on any atom is -0.441 e. The lowest BCUT2D eigenvalue weighted by Crippen LogP contribution is -2.46. The van der Waals surface area contributed by atoms with E-state index >= 15 is 0 Å². The molecule has 0 saturated heterocycles. The Labute approximate surface area is 251 Å². The summed E-state index contributed by atoms with van der Waals surface area (Å²) < 4.78 is 34.1. The van der Waals surface area contributed by atoms with Crippen molar-refractivity contribution in [3.05, 3.63) is 88.1 Å². The molecule has 13 heteroatoms. The van der Waals surface area contributed by atoms with E-state index in [1.807, 2.05) is 13.8 Å². The van der Waals surface area contributed by atoms with Gasteiger partial charge in [-0.3, -0.25) is 9.59 Å². The fraction of sp³-hybridized carbons (Fsp3) is 0.300. The van der Waals surface area contributed by atoms with E-state index in [1.165, 1.54) is 6.07 Å². The van der Waals surface area contributed by atoms with Crippen molar-refractivity contribution in [3.8, 4) is 22.5 Å². The monoisotopic (exact) mass is 612 g/mol. The van der Waals surface area contributed by atoms with Crippen LogP contribution in [-0.4, -0.2) is 56.8 Å². The van der Waals surface area contributed by atoms with Gasteiger partial charge < -0.3 is 24.5 Å². The van der Waals surface area contributed by atoms with Gasteiger partial charge in [-0.15, -0.1) is 10.2 Å². The van der Waals surface area contributed by atoms with E-state index in [9.17, 15) is 23.2 Å². The summed E-state index contributed by atoms with van der Waals surface area (Å²) in [5.74, 6) is 0.0176. The van der Waals surface area contributed by atoms with Crippen molar-refractivity contribution in [1.82, 2.24) is 24.6 Å². The Hall–Kier alpha value is -4.58. The van der Waals surface area contributed by atoms with E-state index in [0.717, 1.165) is 16.7 Å². The molecule has 2 aromatic heterocycles. The molecule has 0 spiro atoms. The molecule has 2 N–H and O–H groups in total. The standard InChI is InChI=1S/C30H31ClF2N6O4/c1-18(2)39-16-21(7-11-27(39)40)20-6-10-25(31)22(12-20)13-26(36-30(42)43-24(14-32)15-33)29(41)35-23-8-4-19(5-9-23)28-37-34-17-38(28)3/h4-12,16-18,24,26H,13-15H2,1-3H3,(H,35,41)(H,36,42). The molecule has 0 saturated carbocycles. The third kappa shape index (κ3) is 7.83. The van der Waals surface area contributed by atoms with Gasteiger partial charge in [-0.25, -0.2) is 13.6 Å². The summed E-state index contributed by atoms with van der Waals surface area (Å²) in [6, 6.07) is 13.9. The number of ether oxygens (including phenoxy) is 1. The number of amides is 2. The zero-order valence-corrected chi connectivity index (χ0v) is 24.5. The number of carbonyl (C=O) groups is 2. The summed E-state index contributed by atoms with van der Waals surface area (Å²) in [5.41, 5.74) is 3.04. The average molecular weight is 613 g/mol. The summed E-state index contributed by atoms with van der Waals surface area (Å²) in [4.78, 5) is 38.2. The second-order valence-corrected chi connectivity index (χ2v) is 10.5. The molecule has 0 fully saturated rings. The number of benzene rings is 2. The number of nitrogens with one attached hydrogen (secondary N) is 2. The number of alkyl carbamates (subject to hydrolysis) is 1. The fourth-order valence-corrected chi connectivity index (χ4v) is 4.52. The molecule has 0 aliphatic heterocycles. The molecule has 0 aliphatic carbocycles. The topological polar surface area (TPSA) is 120 Å². The lowest BCUT2D eigenvalue weighted by Gasteiger charge is -2.21. The van der Waals surface area contributed by atoms with Gasteiger partial charge in [-0.1, -0.05) is 17.7 Å². The molecule has 0 radical (unpaired) electrons. The molecule has 226 valence electrons. The van der Waals surface area contributed by atoms with Crippen LogP contribution in [0.1, 0.15) is 25.5 Å². The lowest BCUT2D eigenvalue weighted by atomic mass is 9.99. The fourth-order valence-electron chi connectivity index (χ4n) is 4.33. The number of hydrogen-bond acceptors (Lipinski definition) is 6. The third-order valence-electron chi connectivity index (χ3n) is 6.65. The normalized spacial score (nSPS) is 11.9. The van der Waals surface area contributed by atoms with Gasteiger partial charge in [0.25, 0.3) is 5.56 Å². The first-order chi connectivity index (χ1) is 20.6. The first-order valence-electron chi connectivity index (χ1n) is 13.4. The van der Waals surface area contributed by atoms with Crippen molar-refractivity contribution in [2.45, 2.75) is 38.5 Å². The lowest BCUT2D eigenvalue weighted by molar-refractivity contribution is -0.118. The SMILES string of the molecule is CC(C)n1cc(-c2ccc(Cl)c(CC(NC(=O)OC(CF)CF)C(=O)Nc3ccc(-c4nncn4C)cc3)c2)ccc1=O.